The van der Waals surface area contributed by atoms with Crippen LogP contribution in [0.1, 0.15) is 30.0 Å². The molecule has 1 saturated heterocycles. The van der Waals surface area contributed by atoms with Crippen LogP contribution in [0.3, 0.4) is 0 Å². The fraction of sp³-hybridized carbons (Fsp3) is 0.345. The van der Waals surface area contributed by atoms with Gasteiger partial charge in [-0.3, -0.25) is 9.69 Å². The van der Waals surface area contributed by atoms with Crippen molar-refractivity contribution in [3.05, 3.63) is 95.3 Å². The lowest BCUT2D eigenvalue weighted by Crippen LogP contribution is -2.49. The molecule has 0 N–H and O–H groups in total. The number of hydrogen-bond acceptors (Lipinski definition) is 3. The lowest BCUT2D eigenvalue weighted by atomic mass is 9.72. The normalized spacial score (nSPS) is 19.4. The van der Waals surface area contributed by atoms with Crippen molar-refractivity contribution in [2.75, 3.05) is 49.1 Å². The highest BCUT2D eigenvalue weighted by molar-refractivity contribution is 6.10. The van der Waals surface area contributed by atoms with Crippen LogP contribution in [0.15, 0.2) is 72.8 Å². The van der Waals surface area contributed by atoms with E-state index in [2.05, 4.69) is 4.90 Å². The molecule has 1 atom stereocenters. The maximum Gasteiger partial charge on any atom is 0.416 e. The van der Waals surface area contributed by atoms with E-state index in [0.29, 0.717) is 56.9 Å². The van der Waals surface area contributed by atoms with Crippen molar-refractivity contribution in [3.63, 3.8) is 0 Å². The van der Waals surface area contributed by atoms with Crippen LogP contribution in [0, 0.1) is 5.82 Å². The third kappa shape index (κ3) is 5.74. The van der Waals surface area contributed by atoms with Crippen molar-refractivity contribution < 1.29 is 22.4 Å². The Kier molecular flexibility index (Phi) is 9.57. The molecule has 5 rings (SSSR count). The van der Waals surface area contributed by atoms with Crippen LogP contribution in [0.25, 0.3) is 0 Å². The van der Waals surface area contributed by atoms with E-state index in [1.54, 1.807) is 17.0 Å². The smallest absolute Gasteiger partial charge is 0.369 e. The van der Waals surface area contributed by atoms with Gasteiger partial charge in [-0.15, -0.1) is 24.8 Å². The van der Waals surface area contributed by atoms with Gasteiger partial charge in [0.2, 0.25) is 5.91 Å². The van der Waals surface area contributed by atoms with Crippen molar-refractivity contribution in [3.8, 4) is 0 Å². The number of carbonyl (C=O) groups excluding carboxylic acids is 1. The Morgan fingerprint density at radius 2 is 1.56 bits per heavy atom. The molecule has 0 aliphatic carbocycles. The molecule has 10 heteroatoms. The van der Waals surface area contributed by atoms with Crippen molar-refractivity contribution in [1.82, 2.24) is 4.90 Å². The van der Waals surface area contributed by atoms with E-state index in [0.717, 1.165) is 17.3 Å². The van der Waals surface area contributed by atoms with E-state index in [-0.39, 0.29) is 36.5 Å². The van der Waals surface area contributed by atoms with Gasteiger partial charge in [-0.25, -0.2) is 4.39 Å². The van der Waals surface area contributed by atoms with Crippen molar-refractivity contribution >= 4 is 42.1 Å². The first-order valence-electron chi connectivity index (χ1n) is 12.6. The van der Waals surface area contributed by atoms with E-state index >= 15 is 0 Å². The predicted octanol–water partition coefficient (Wildman–Crippen LogP) is 6.55. The second-order valence-electron chi connectivity index (χ2n) is 9.61. The fourth-order valence-corrected chi connectivity index (χ4v) is 5.68. The first-order chi connectivity index (χ1) is 17.7. The topological polar surface area (TPSA) is 26.8 Å². The molecular formula is C29H31Cl2F4N3O. The second-order valence-corrected chi connectivity index (χ2v) is 9.61. The highest BCUT2D eigenvalue weighted by atomic mass is 35.5. The Hall–Kier alpha value is -2.81. The zero-order chi connectivity index (χ0) is 26.2. The Labute approximate surface area is 238 Å². The molecule has 0 radical (unpaired) electrons. The number of alkyl halides is 3. The van der Waals surface area contributed by atoms with Gasteiger partial charge in [0.05, 0.1) is 5.56 Å². The number of piperazine rings is 1. The Morgan fingerprint density at radius 1 is 0.872 bits per heavy atom. The van der Waals surface area contributed by atoms with Crippen molar-refractivity contribution in [2.24, 2.45) is 0 Å². The molecule has 4 nitrogen and oxygen atoms in total. The number of hydrogen-bond donors (Lipinski definition) is 0. The molecule has 1 unspecified atom stereocenters. The highest BCUT2D eigenvalue weighted by Gasteiger charge is 2.51. The van der Waals surface area contributed by atoms with Crippen LogP contribution in [0.4, 0.5) is 28.9 Å². The van der Waals surface area contributed by atoms with Crippen LogP contribution in [0.2, 0.25) is 0 Å². The van der Waals surface area contributed by atoms with E-state index in [9.17, 15) is 22.4 Å². The van der Waals surface area contributed by atoms with Gasteiger partial charge in [-0.05, 0) is 67.4 Å². The largest absolute Gasteiger partial charge is 0.416 e. The van der Waals surface area contributed by atoms with E-state index in [1.807, 2.05) is 42.2 Å². The number of likely N-dealkylation sites (N-methyl/N-ethyl adjacent to an activating group) is 1. The summed E-state index contributed by atoms with van der Waals surface area (Å²) in [4.78, 5) is 19.9. The molecule has 0 bridgehead atoms. The number of benzene rings is 3. The summed E-state index contributed by atoms with van der Waals surface area (Å²) in [6.45, 7) is 5.48. The van der Waals surface area contributed by atoms with Crippen LogP contribution >= 0.6 is 24.8 Å². The van der Waals surface area contributed by atoms with Gasteiger partial charge in [0, 0.05) is 44.1 Å². The molecule has 2 aliphatic heterocycles. The molecule has 0 saturated carbocycles. The second kappa shape index (κ2) is 12.1. The van der Waals surface area contributed by atoms with Gasteiger partial charge in [-0.2, -0.15) is 13.2 Å². The Morgan fingerprint density at radius 3 is 2.21 bits per heavy atom. The average Bonchev–Trinajstić information content (AvgIpc) is 3.14. The maximum absolute atomic E-state index is 14.5. The summed E-state index contributed by atoms with van der Waals surface area (Å²) in [5, 5.41) is 0. The van der Waals surface area contributed by atoms with Crippen LogP contribution in [-0.2, 0) is 16.4 Å². The average molecular weight is 584 g/mol. The third-order valence-corrected chi connectivity index (χ3v) is 7.62. The predicted molar refractivity (Wildman–Crippen MR) is 151 cm³/mol. The lowest BCUT2D eigenvalue weighted by Gasteiger charge is -2.38. The van der Waals surface area contributed by atoms with Gasteiger partial charge in [0.25, 0.3) is 0 Å². The van der Waals surface area contributed by atoms with E-state index in [4.69, 9.17) is 0 Å². The highest BCUT2D eigenvalue weighted by Crippen LogP contribution is 2.48. The van der Waals surface area contributed by atoms with E-state index < -0.39 is 17.2 Å². The van der Waals surface area contributed by atoms with Gasteiger partial charge in [0.1, 0.15) is 11.2 Å². The van der Waals surface area contributed by atoms with Gasteiger partial charge < -0.3 is 9.80 Å². The summed E-state index contributed by atoms with van der Waals surface area (Å²) < 4.78 is 53.9. The summed E-state index contributed by atoms with van der Waals surface area (Å²) in [5.74, 6) is -0.427. The summed E-state index contributed by atoms with van der Waals surface area (Å²) in [5.41, 5.74) is 1.19. The molecular weight excluding hydrogens is 553 g/mol. The molecule has 210 valence electrons. The molecule has 1 amide bonds. The number of carbonyl (C=O) groups is 1. The monoisotopic (exact) mass is 583 g/mol. The van der Waals surface area contributed by atoms with Crippen LogP contribution < -0.4 is 9.80 Å². The van der Waals surface area contributed by atoms with Gasteiger partial charge >= 0.3 is 6.18 Å². The lowest BCUT2D eigenvalue weighted by molar-refractivity contribution is -0.137. The number of amides is 1. The minimum absolute atomic E-state index is 0. The SMILES string of the molecule is CCN1C(=O)C(CCN2CCN(c3cccc(C(F)(F)F)c3)CC2)(c2ccccc2)c2cc(F)ccc21.Cl.Cl. The standard InChI is InChI=1S/C29H29F4N3O.2ClH/c1-2-36-26-12-11-23(30)20-25(26)28(27(36)37,21-7-4-3-5-8-21)13-14-34-15-17-35(18-16-34)24-10-6-9-22(19-24)29(31,32)33;;/h3-12,19-20H,2,13-18H2,1H3;2*1H. The number of nitrogens with zero attached hydrogens (tertiary/aromatic N) is 3. The van der Waals surface area contributed by atoms with Gasteiger partial charge in [0.15, 0.2) is 0 Å². The molecule has 3 aromatic carbocycles. The first-order valence-corrected chi connectivity index (χ1v) is 12.6. The third-order valence-electron chi connectivity index (χ3n) is 7.62. The minimum Gasteiger partial charge on any atom is -0.369 e. The Balaban J connectivity index is 0.00000210. The number of fused-ring (bicyclic) bond motifs is 1. The molecule has 3 aromatic rings. The minimum atomic E-state index is -4.38. The number of anilines is 2. The molecule has 0 aromatic heterocycles. The number of halogens is 6. The van der Waals surface area contributed by atoms with E-state index in [1.165, 1.54) is 24.3 Å². The van der Waals surface area contributed by atoms with Crippen LogP contribution in [-0.4, -0.2) is 50.1 Å². The summed E-state index contributed by atoms with van der Waals surface area (Å²) in [6, 6.07) is 19.5. The molecule has 1 fully saturated rings. The maximum atomic E-state index is 14.5. The summed E-state index contributed by atoms with van der Waals surface area (Å²) in [7, 11) is 0. The zero-order valence-corrected chi connectivity index (χ0v) is 23.1. The van der Waals surface area contributed by atoms with Crippen molar-refractivity contribution in [1.29, 1.82) is 0 Å². The zero-order valence-electron chi connectivity index (χ0n) is 21.5. The number of rotatable bonds is 6. The molecule has 2 heterocycles. The first kappa shape index (κ1) is 30.7. The molecule has 0 spiro atoms. The fourth-order valence-electron chi connectivity index (χ4n) is 5.68. The summed E-state index contributed by atoms with van der Waals surface area (Å²) >= 11 is 0. The molecule has 39 heavy (non-hydrogen) atoms. The Bertz CT molecular complexity index is 1280. The summed E-state index contributed by atoms with van der Waals surface area (Å²) in [6.07, 6.45) is -3.90. The quantitative estimate of drug-likeness (QED) is 0.308. The van der Waals surface area contributed by atoms with Gasteiger partial charge in [-0.1, -0.05) is 36.4 Å². The van der Waals surface area contributed by atoms with Crippen LogP contribution in [0.5, 0.6) is 0 Å². The van der Waals surface area contributed by atoms with Crippen molar-refractivity contribution in [2.45, 2.75) is 24.9 Å². The molecule has 2 aliphatic rings.